The molecule has 6 aromatic rings. The molecule has 4 heteroatoms. The first-order valence-corrected chi connectivity index (χ1v) is 11.3. The Balaban J connectivity index is 1.63. The molecule has 34 heavy (non-hydrogen) atoms. The van der Waals surface area contributed by atoms with Crippen molar-refractivity contribution >= 4 is 0 Å². The molecule has 0 fully saturated rings. The molecular formula is C30H22N4. The third kappa shape index (κ3) is 3.51. The molecule has 0 atom stereocenters. The molecule has 162 valence electrons. The number of rotatable bonds is 5. The van der Waals surface area contributed by atoms with Crippen molar-refractivity contribution in [3.63, 3.8) is 0 Å². The molecule has 0 bridgehead atoms. The molecular weight excluding hydrogens is 416 g/mol. The van der Waals surface area contributed by atoms with Gasteiger partial charge in [0.25, 0.3) is 0 Å². The van der Waals surface area contributed by atoms with Crippen LogP contribution in [0.2, 0.25) is 0 Å². The van der Waals surface area contributed by atoms with Crippen LogP contribution >= 0.6 is 0 Å². The SMILES string of the molecule is c1ccc(-c2ncn(-n3cnc(-c4ccccc4)c3-c3ccccc3)c2-c2ccccc2)cc1. The molecule has 0 spiro atoms. The summed E-state index contributed by atoms with van der Waals surface area (Å²) in [5.74, 6) is 0. The Morgan fingerprint density at radius 3 is 0.971 bits per heavy atom. The Kier molecular flexibility index (Phi) is 5.09. The number of benzene rings is 4. The first kappa shape index (κ1) is 19.9. The van der Waals surface area contributed by atoms with Gasteiger partial charge in [0.1, 0.15) is 12.7 Å². The zero-order valence-electron chi connectivity index (χ0n) is 18.5. The van der Waals surface area contributed by atoms with E-state index in [0.29, 0.717) is 0 Å². The van der Waals surface area contributed by atoms with Gasteiger partial charge in [-0.2, -0.15) is 0 Å². The van der Waals surface area contributed by atoms with E-state index in [4.69, 9.17) is 9.97 Å². The van der Waals surface area contributed by atoms with Crippen LogP contribution in [0.5, 0.6) is 0 Å². The van der Waals surface area contributed by atoms with Gasteiger partial charge in [0.05, 0.1) is 22.8 Å². The van der Waals surface area contributed by atoms with Crippen molar-refractivity contribution in [2.75, 3.05) is 0 Å². The predicted octanol–water partition coefficient (Wildman–Crippen LogP) is 7.06. The average Bonchev–Trinajstić information content (AvgIpc) is 3.55. The van der Waals surface area contributed by atoms with Crippen molar-refractivity contribution in [3.05, 3.63) is 134 Å². The lowest BCUT2D eigenvalue weighted by Crippen LogP contribution is -2.10. The highest BCUT2D eigenvalue weighted by molar-refractivity contribution is 5.81. The summed E-state index contributed by atoms with van der Waals surface area (Å²) in [4.78, 5) is 9.74. The van der Waals surface area contributed by atoms with E-state index in [1.165, 1.54) is 0 Å². The lowest BCUT2D eigenvalue weighted by molar-refractivity contribution is 0.670. The average molecular weight is 439 g/mol. The third-order valence-electron chi connectivity index (χ3n) is 5.92. The summed E-state index contributed by atoms with van der Waals surface area (Å²) in [7, 11) is 0. The van der Waals surface area contributed by atoms with E-state index in [1.807, 2.05) is 61.2 Å². The maximum Gasteiger partial charge on any atom is 0.116 e. The van der Waals surface area contributed by atoms with Gasteiger partial charge in [0.2, 0.25) is 0 Å². The van der Waals surface area contributed by atoms with E-state index >= 15 is 0 Å². The molecule has 4 nitrogen and oxygen atoms in total. The van der Waals surface area contributed by atoms with E-state index in [9.17, 15) is 0 Å². The van der Waals surface area contributed by atoms with Crippen LogP contribution in [-0.2, 0) is 0 Å². The van der Waals surface area contributed by atoms with Gasteiger partial charge >= 0.3 is 0 Å². The molecule has 6 rings (SSSR count). The Hall–Kier alpha value is -4.70. The standard InChI is InChI=1S/C30H22N4/c1-5-13-23(14-6-1)27-29(25-17-9-3-10-18-25)33(21-31-27)34-22-32-28(24-15-7-2-8-16-24)30(34)26-19-11-4-12-20-26/h1-22H. The fourth-order valence-corrected chi connectivity index (χ4v) is 4.35. The molecule has 2 heterocycles. The lowest BCUT2D eigenvalue weighted by atomic mass is 10.0. The second-order valence-corrected chi connectivity index (χ2v) is 8.04. The van der Waals surface area contributed by atoms with Gasteiger partial charge in [-0.1, -0.05) is 121 Å². The molecule has 0 aliphatic heterocycles. The molecule has 0 aliphatic carbocycles. The molecule has 4 aromatic carbocycles. The third-order valence-corrected chi connectivity index (χ3v) is 5.92. The van der Waals surface area contributed by atoms with Gasteiger partial charge in [-0.05, 0) is 0 Å². The molecule has 2 aromatic heterocycles. The quantitative estimate of drug-likeness (QED) is 0.289. The summed E-state index contributed by atoms with van der Waals surface area (Å²) in [6.07, 6.45) is 3.76. The monoisotopic (exact) mass is 438 g/mol. The van der Waals surface area contributed by atoms with Crippen LogP contribution in [0.1, 0.15) is 0 Å². The van der Waals surface area contributed by atoms with Crippen molar-refractivity contribution in [1.82, 2.24) is 19.3 Å². The molecule has 0 saturated carbocycles. The van der Waals surface area contributed by atoms with Gasteiger partial charge in [-0.25, -0.2) is 19.3 Å². The van der Waals surface area contributed by atoms with Crippen LogP contribution in [-0.4, -0.2) is 19.3 Å². The minimum absolute atomic E-state index is 0.931. The largest absolute Gasteiger partial charge is 0.234 e. The van der Waals surface area contributed by atoms with Gasteiger partial charge < -0.3 is 0 Å². The molecule has 0 aliphatic rings. The predicted molar refractivity (Wildman–Crippen MR) is 137 cm³/mol. The van der Waals surface area contributed by atoms with E-state index in [0.717, 1.165) is 45.0 Å². The number of hydrogen-bond acceptors (Lipinski definition) is 2. The van der Waals surface area contributed by atoms with Crippen LogP contribution < -0.4 is 0 Å². The number of imidazole rings is 2. The second-order valence-electron chi connectivity index (χ2n) is 8.04. The van der Waals surface area contributed by atoms with Gasteiger partial charge in [-0.15, -0.1) is 0 Å². The highest BCUT2D eigenvalue weighted by Gasteiger charge is 2.21. The first-order chi connectivity index (χ1) is 16.9. The number of nitrogens with zero attached hydrogens (tertiary/aromatic N) is 4. The lowest BCUT2D eigenvalue weighted by Gasteiger charge is -2.15. The second kappa shape index (κ2) is 8.68. The van der Waals surface area contributed by atoms with E-state index in [-0.39, 0.29) is 0 Å². The Bertz CT molecular complexity index is 1400. The molecule has 0 amide bonds. The van der Waals surface area contributed by atoms with E-state index < -0.39 is 0 Å². The smallest absolute Gasteiger partial charge is 0.116 e. The minimum Gasteiger partial charge on any atom is -0.234 e. The van der Waals surface area contributed by atoms with Crippen molar-refractivity contribution in [2.45, 2.75) is 0 Å². The Morgan fingerprint density at radius 2 is 0.647 bits per heavy atom. The highest BCUT2D eigenvalue weighted by Crippen LogP contribution is 2.35. The van der Waals surface area contributed by atoms with Crippen LogP contribution in [0.15, 0.2) is 134 Å². The normalized spacial score (nSPS) is 10.9. The summed E-state index contributed by atoms with van der Waals surface area (Å²) in [5, 5.41) is 0. The summed E-state index contributed by atoms with van der Waals surface area (Å²) in [5.41, 5.74) is 8.22. The van der Waals surface area contributed by atoms with Gasteiger partial charge in [0, 0.05) is 22.3 Å². The fraction of sp³-hybridized carbons (Fsp3) is 0. The van der Waals surface area contributed by atoms with Gasteiger partial charge in [-0.3, -0.25) is 0 Å². The number of hydrogen-bond donors (Lipinski definition) is 0. The van der Waals surface area contributed by atoms with Crippen LogP contribution in [0.3, 0.4) is 0 Å². The van der Waals surface area contributed by atoms with Crippen molar-refractivity contribution in [1.29, 1.82) is 0 Å². The first-order valence-electron chi connectivity index (χ1n) is 11.3. The summed E-state index contributed by atoms with van der Waals surface area (Å²) < 4.78 is 4.19. The van der Waals surface area contributed by atoms with Crippen LogP contribution in [0.25, 0.3) is 45.0 Å². The molecule has 0 radical (unpaired) electrons. The topological polar surface area (TPSA) is 35.6 Å². The van der Waals surface area contributed by atoms with E-state index in [2.05, 4.69) is 82.1 Å². The molecule has 0 N–H and O–H groups in total. The highest BCUT2D eigenvalue weighted by atomic mass is 15.5. The molecule has 0 saturated heterocycles. The van der Waals surface area contributed by atoms with E-state index in [1.54, 1.807) is 0 Å². The van der Waals surface area contributed by atoms with Crippen molar-refractivity contribution in [3.8, 4) is 45.0 Å². The summed E-state index contributed by atoms with van der Waals surface area (Å²) >= 11 is 0. The Morgan fingerprint density at radius 1 is 0.353 bits per heavy atom. The maximum absolute atomic E-state index is 4.87. The minimum atomic E-state index is 0.931. The van der Waals surface area contributed by atoms with Gasteiger partial charge in [0.15, 0.2) is 0 Å². The summed E-state index contributed by atoms with van der Waals surface area (Å²) in [6.45, 7) is 0. The maximum atomic E-state index is 4.87. The number of aromatic nitrogens is 4. The summed E-state index contributed by atoms with van der Waals surface area (Å²) in [6, 6.07) is 41.4. The van der Waals surface area contributed by atoms with Crippen LogP contribution in [0, 0.1) is 0 Å². The van der Waals surface area contributed by atoms with Crippen molar-refractivity contribution < 1.29 is 0 Å². The fourth-order valence-electron chi connectivity index (χ4n) is 4.35. The zero-order valence-corrected chi connectivity index (χ0v) is 18.5. The molecule has 0 unspecified atom stereocenters. The van der Waals surface area contributed by atoms with Crippen LogP contribution in [0.4, 0.5) is 0 Å². The Labute approximate surface area is 198 Å². The zero-order chi connectivity index (χ0) is 22.7. The van der Waals surface area contributed by atoms with Crippen molar-refractivity contribution in [2.24, 2.45) is 0 Å².